The molecule has 0 saturated heterocycles. The highest BCUT2D eigenvalue weighted by molar-refractivity contribution is 7.09. The van der Waals surface area contributed by atoms with Gasteiger partial charge in [-0.1, -0.05) is 18.2 Å². The largest absolute Gasteiger partial charge is 0.497 e. The molecule has 0 aliphatic heterocycles. The van der Waals surface area contributed by atoms with Crippen LogP contribution in [-0.4, -0.2) is 49.5 Å². The van der Waals surface area contributed by atoms with Crippen molar-refractivity contribution in [2.75, 3.05) is 38.0 Å². The zero-order valence-corrected chi connectivity index (χ0v) is 21.3. The smallest absolute Gasteiger partial charge is 0.273 e. The Morgan fingerprint density at radius 3 is 2.33 bits per heavy atom. The molecule has 1 aromatic heterocycles. The monoisotopic (exact) mass is 511 g/mol. The van der Waals surface area contributed by atoms with E-state index in [9.17, 15) is 14.4 Å². The Labute approximate surface area is 213 Å². The first-order valence-electron chi connectivity index (χ1n) is 11.1. The Morgan fingerprint density at radius 2 is 1.78 bits per heavy atom. The van der Waals surface area contributed by atoms with E-state index in [1.807, 2.05) is 26.0 Å². The fourth-order valence-corrected chi connectivity index (χ4v) is 4.32. The second-order valence-corrected chi connectivity index (χ2v) is 8.81. The number of aromatic nitrogens is 1. The van der Waals surface area contributed by atoms with Crippen molar-refractivity contribution < 1.29 is 23.9 Å². The SMILES string of the molecule is COCCNC(=O)[C@@H](c1ccc(OC)cc1)N(C(=O)c1snc(C(N)=O)c1N)c1ccc(C)c(C)c1. The standard InChI is InChI=1S/C25H29N5O5S/c1-14-5-8-17(13-15(14)2)30(25(33)22-19(26)20(23(27)31)29-36-22)21(24(32)28-11-12-34-3)16-6-9-18(35-4)10-7-16/h5-10,13,21H,11-12,26H2,1-4H3,(H2,27,31)(H,28,32)/t21-/m1/s1. The number of hydrogen-bond acceptors (Lipinski definition) is 8. The van der Waals surface area contributed by atoms with Gasteiger partial charge in [-0.25, -0.2) is 0 Å². The predicted octanol–water partition coefficient (Wildman–Crippen LogP) is 2.60. The maximum absolute atomic E-state index is 14.0. The molecule has 10 nitrogen and oxygen atoms in total. The Hall–Kier alpha value is -3.96. The third-order valence-corrected chi connectivity index (χ3v) is 6.54. The fraction of sp³-hybridized carbons (Fsp3) is 0.280. The molecule has 0 radical (unpaired) electrons. The van der Waals surface area contributed by atoms with Crippen molar-refractivity contribution in [1.82, 2.24) is 9.69 Å². The molecular formula is C25H29N5O5S. The van der Waals surface area contributed by atoms with Crippen LogP contribution in [0.5, 0.6) is 5.75 Å². The molecule has 3 rings (SSSR count). The van der Waals surface area contributed by atoms with Gasteiger partial charge in [0.2, 0.25) is 5.91 Å². The van der Waals surface area contributed by atoms with Crippen molar-refractivity contribution in [1.29, 1.82) is 0 Å². The Bertz CT molecular complexity index is 1260. The van der Waals surface area contributed by atoms with Crippen LogP contribution >= 0.6 is 11.5 Å². The van der Waals surface area contributed by atoms with E-state index < -0.39 is 23.8 Å². The number of nitrogens with two attached hydrogens (primary N) is 2. The number of rotatable bonds is 10. The van der Waals surface area contributed by atoms with Crippen molar-refractivity contribution in [3.8, 4) is 5.75 Å². The van der Waals surface area contributed by atoms with Crippen molar-refractivity contribution >= 4 is 40.6 Å². The number of carbonyl (C=O) groups is 3. The summed E-state index contributed by atoms with van der Waals surface area (Å²) >= 11 is 0.756. The quantitative estimate of drug-likeness (QED) is 0.354. The second kappa shape index (κ2) is 11.6. The molecule has 1 atom stereocenters. The van der Waals surface area contributed by atoms with E-state index in [0.717, 1.165) is 22.7 Å². The topological polar surface area (TPSA) is 150 Å². The highest BCUT2D eigenvalue weighted by Gasteiger charge is 2.36. The van der Waals surface area contributed by atoms with Crippen LogP contribution in [0.3, 0.4) is 0 Å². The van der Waals surface area contributed by atoms with Crippen LogP contribution in [0, 0.1) is 13.8 Å². The van der Waals surface area contributed by atoms with Gasteiger partial charge in [0, 0.05) is 19.3 Å². The van der Waals surface area contributed by atoms with E-state index in [1.54, 1.807) is 30.3 Å². The van der Waals surface area contributed by atoms with Gasteiger partial charge in [-0.2, -0.15) is 4.37 Å². The molecule has 2 aromatic carbocycles. The van der Waals surface area contributed by atoms with Crippen molar-refractivity contribution in [3.63, 3.8) is 0 Å². The van der Waals surface area contributed by atoms with Gasteiger partial charge in [0.25, 0.3) is 11.8 Å². The van der Waals surface area contributed by atoms with Gasteiger partial charge in [-0.05, 0) is 66.3 Å². The van der Waals surface area contributed by atoms with Gasteiger partial charge in [-0.3, -0.25) is 19.3 Å². The number of nitrogens with one attached hydrogen (secondary N) is 1. The Morgan fingerprint density at radius 1 is 1.08 bits per heavy atom. The molecule has 0 bridgehead atoms. The molecule has 190 valence electrons. The lowest BCUT2D eigenvalue weighted by Crippen LogP contribution is -2.44. The molecule has 0 aliphatic rings. The van der Waals surface area contributed by atoms with Crippen LogP contribution in [0.1, 0.15) is 42.9 Å². The summed E-state index contributed by atoms with van der Waals surface area (Å²) in [7, 11) is 3.07. The summed E-state index contributed by atoms with van der Waals surface area (Å²) in [5.41, 5.74) is 14.1. The first-order chi connectivity index (χ1) is 17.2. The number of amides is 3. The van der Waals surface area contributed by atoms with E-state index in [1.165, 1.54) is 19.1 Å². The summed E-state index contributed by atoms with van der Waals surface area (Å²) in [4.78, 5) is 40.7. The number of benzene rings is 2. The zero-order valence-electron chi connectivity index (χ0n) is 20.5. The number of ether oxygens (including phenoxy) is 2. The predicted molar refractivity (Wildman–Crippen MR) is 138 cm³/mol. The molecule has 1 heterocycles. The molecule has 0 fully saturated rings. The summed E-state index contributed by atoms with van der Waals surface area (Å²) in [5, 5.41) is 2.82. The van der Waals surface area contributed by atoms with E-state index >= 15 is 0 Å². The molecule has 0 spiro atoms. The Balaban J connectivity index is 2.20. The van der Waals surface area contributed by atoms with Crippen molar-refractivity contribution in [3.05, 3.63) is 69.7 Å². The van der Waals surface area contributed by atoms with E-state index in [0.29, 0.717) is 23.6 Å². The van der Waals surface area contributed by atoms with Crippen LogP contribution in [0.25, 0.3) is 0 Å². The summed E-state index contributed by atoms with van der Waals surface area (Å²) in [6.07, 6.45) is 0. The first kappa shape index (κ1) is 26.6. The fourth-order valence-electron chi connectivity index (χ4n) is 3.57. The van der Waals surface area contributed by atoms with Gasteiger partial charge in [0.05, 0.1) is 19.4 Å². The average Bonchev–Trinajstić information content (AvgIpc) is 3.25. The molecule has 11 heteroatoms. The van der Waals surface area contributed by atoms with Crippen LogP contribution in [0.15, 0.2) is 42.5 Å². The number of hydrogen-bond donors (Lipinski definition) is 3. The number of nitrogen functional groups attached to an aromatic ring is 1. The van der Waals surface area contributed by atoms with E-state index in [-0.39, 0.29) is 22.8 Å². The number of aryl methyl sites for hydroxylation is 2. The number of nitrogens with zero attached hydrogens (tertiary/aromatic N) is 2. The maximum atomic E-state index is 14.0. The highest BCUT2D eigenvalue weighted by Crippen LogP contribution is 2.34. The van der Waals surface area contributed by atoms with Gasteiger partial charge in [-0.15, -0.1) is 0 Å². The molecule has 36 heavy (non-hydrogen) atoms. The van der Waals surface area contributed by atoms with Crippen LogP contribution < -0.4 is 26.4 Å². The molecule has 0 unspecified atom stereocenters. The molecular weight excluding hydrogens is 482 g/mol. The molecule has 3 aromatic rings. The molecule has 0 saturated carbocycles. The van der Waals surface area contributed by atoms with Crippen LogP contribution in [0.2, 0.25) is 0 Å². The number of primary amides is 1. The van der Waals surface area contributed by atoms with Gasteiger partial charge in [0.15, 0.2) is 5.69 Å². The van der Waals surface area contributed by atoms with Gasteiger partial charge >= 0.3 is 0 Å². The first-order valence-corrected chi connectivity index (χ1v) is 11.8. The minimum atomic E-state index is -1.08. The number of carbonyl (C=O) groups excluding carboxylic acids is 3. The lowest BCUT2D eigenvalue weighted by Gasteiger charge is -2.31. The summed E-state index contributed by atoms with van der Waals surface area (Å²) in [6, 6.07) is 11.2. The number of methoxy groups -OCH3 is 2. The van der Waals surface area contributed by atoms with Gasteiger partial charge in [0.1, 0.15) is 16.7 Å². The average molecular weight is 512 g/mol. The number of anilines is 2. The van der Waals surface area contributed by atoms with Gasteiger partial charge < -0.3 is 26.3 Å². The molecule has 3 amide bonds. The zero-order chi connectivity index (χ0) is 26.4. The highest BCUT2D eigenvalue weighted by atomic mass is 32.1. The summed E-state index contributed by atoms with van der Waals surface area (Å²) < 4.78 is 14.3. The van der Waals surface area contributed by atoms with E-state index in [2.05, 4.69) is 9.69 Å². The Kier molecular flexibility index (Phi) is 8.62. The minimum absolute atomic E-state index is 0.00484. The molecule has 0 aliphatic carbocycles. The lowest BCUT2D eigenvalue weighted by molar-refractivity contribution is -0.122. The molecule has 5 N–H and O–H groups in total. The third kappa shape index (κ3) is 5.64. The van der Waals surface area contributed by atoms with Crippen molar-refractivity contribution in [2.45, 2.75) is 19.9 Å². The second-order valence-electron chi connectivity index (χ2n) is 8.04. The van der Waals surface area contributed by atoms with Crippen LogP contribution in [0.4, 0.5) is 11.4 Å². The summed E-state index contributed by atoms with van der Waals surface area (Å²) in [6.45, 7) is 4.40. The summed E-state index contributed by atoms with van der Waals surface area (Å²) in [5.74, 6) is -1.27. The van der Waals surface area contributed by atoms with Crippen LogP contribution in [-0.2, 0) is 9.53 Å². The normalized spacial score (nSPS) is 11.6. The van der Waals surface area contributed by atoms with Crippen molar-refractivity contribution in [2.24, 2.45) is 5.73 Å². The third-order valence-electron chi connectivity index (χ3n) is 5.69. The maximum Gasteiger partial charge on any atom is 0.273 e. The lowest BCUT2D eigenvalue weighted by atomic mass is 10.0. The van der Waals surface area contributed by atoms with E-state index in [4.69, 9.17) is 20.9 Å². The minimum Gasteiger partial charge on any atom is -0.497 e.